The fourth-order valence-corrected chi connectivity index (χ4v) is 4.35. The molecule has 4 aromatic rings. The highest BCUT2D eigenvalue weighted by atomic mass is 35.5. The molecule has 6 heteroatoms. The molecule has 30 heavy (non-hydrogen) atoms. The minimum absolute atomic E-state index is 0.0409. The van der Waals surface area contributed by atoms with Crippen molar-refractivity contribution in [2.45, 2.75) is 25.7 Å². The third kappa shape index (κ3) is 3.10. The zero-order valence-electron chi connectivity index (χ0n) is 16.0. The minimum Gasteiger partial charge on any atom is -0.268 e. The van der Waals surface area contributed by atoms with E-state index >= 15 is 0 Å². The van der Waals surface area contributed by atoms with Gasteiger partial charge in [-0.05, 0) is 73.2 Å². The first kappa shape index (κ1) is 18.9. The molecule has 0 unspecified atom stereocenters. The van der Waals surface area contributed by atoms with Crippen molar-refractivity contribution in [3.63, 3.8) is 0 Å². The number of aryl methyl sites for hydroxylation is 1. The highest BCUT2D eigenvalue weighted by molar-refractivity contribution is 6.31. The number of benzene rings is 3. The number of carbonyl (C=O) groups is 1. The SMILES string of the molecule is O=C(c1ccc(F)c(F)c1)n1c(-c2cccc3c2CCCC3)nc2ccc(Cl)cc21. The number of hydrogen-bond acceptors (Lipinski definition) is 2. The van der Waals surface area contributed by atoms with Crippen LogP contribution in [0.25, 0.3) is 22.4 Å². The Labute approximate surface area is 176 Å². The second kappa shape index (κ2) is 7.33. The van der Waals surface area contributed by atoms with Gasteiger partial charge in [0, 0.05) is 16.1 Å². The number of halogens is 3. The van der Waals surface area contributed by atoms with Crippen LogP contribution < -0.4 is 0 Å². The molecule has 3 nitrogen and oxygen atoms in total. The molecule has 0 saturated heterocycles. The summed E-state index contributed by atoms with van der Waals surface area (Å²) >= 11 is 6.20. The lowest BCUT2D eigenvalue weighted by molar-refractivity contribution is 0.0965. The van der Waals surface area contributed by atoms with Crippen LogP contribution in [-0.2, 0) is 12.8 Å². The Morgan fingerprint density at radius 2 is 1.80 bits per heavy atom. The summed E-state index contributed by atoms with van der Waals surface area (Å²) < 4.78 is 28.7. The Morgan fingerprint density at radius 3 is 2.63 bits per heavy atom. The molecule has 0 saturated carbocycles. The van der Waals surface area contributed by atoms with Gasteiger partial charge in [-0.2, -0.15) is 0 Å². The molecule has 1 aliphatic carbocycles. The van der Waals surface area contributed by atoms with Gasteiger partial charge in [0.2, 0.25) is 0 Å². The van der Waals surface area contributed by atoms with Gasteiger partial charge in [-0.15, -0.1) is 0 Å². The average molecular weight is 423 g/mol. The number of fused-ring (bicyclic) bond motifs is 2. The lowest BCUT2D eigenvalue weighted by Crippen LogP contribution is -2.15. The van der Waals surface area contributed by atoms with Crippen molar-refractivity contribution in [3.8, 4) is 11.4 Å². The Morgan fingerprint density at radius 1 is 0.967 bits per heavy atom. The Kier molecular flexibility index (Phi) is 4.63. The van der Waals surface area contributed by atoms with E-state index in [0.29, 0.717) is 21.9 Å². The smallest absolute Gasteiger partial charge is 0.264 e. The molecule has 0 bridgehead atoms. The van der Waals surface area contributed by atoms with Gasteiger partial charge >= 0.3 is 0 Å². The number of aromatic nitrogens is 2. The molecule has 5 rings (SSSR count). The van der Waals surface area contributed by atoms with E-state index in [0.717, 1.165) is 43.4 Å². The molecule has 0 amide bonds. The summed E-state index contributed by atoms with van der Waals surface area (Å²) in [5, 5.41) is 0.461. The van der Waals surface area contributed by atoms with Gasteiger partial charge in [-0.1, -0.05) is 29.8 Å². The summed E-state index contributed by atoms with van der Waals surface area (Å²) in [5.41, 5.74) is 4.51. The number of imidazole rings is 1. The highest BCUT2D eigenvalue weighted by Crippen LogP contribution is 2.34. The van der Waals surface area contributed by atoms with Crippen LogP contribution in [0, 0.1) is 11.6 Å². The molecule has 3 aromatic carbocycles. The maximum atomic E-state index is 13.8. The van der Waals surface area contributed by atoms with Crippen molar-refractivity contribution in [2.75, 3.05) is 0 Å². The van der Waals surface area contributed by atoms with E-state index in [2.05, 4.69) is 6.07 Å². The van der Waals surface area contributed by atoms with Crippen LogP contribution in [0.2, 0.25) is 5.02 Å². The van der Waals surface area contributed by atoms with E-state index < -0.39 is 17.5 Å². The molecule has 0 fully saturated rings. The van der Waals surface area contributed by atoms with Crippen molar-refractivity contribution < 1.29 is 13.6 Å². The van der Waals surface area contributed by atoms with Crippen LogP contribution in [0.5, 0.6) is 0 Å². The zero-order valence-corrected chi connectivity index (χ0v) is 16.7. The van der Waals surface area contributed by atoms with Crippen LogP contribution >= 0.6 is 11.6 Å². The van der Waals surface area contributed by atoms with Crippen LogP contribution in [0.15, 0.2) is 54.6 Å². The number of hydrogen-bond donors (Lipinski definition) is 0. The Bertz CT molecular complexity index is 1310. The molecule has 0 N–H and O–H groups in total. The van der Waals surface area contributed by atoms with Crippen molar-refractivity contribution >= 4 is 28.5 Å². The summed E-state index contributed by atoms with van der Waals surface area (Å²) in [7, 11) is 0. The number of nitrogens with zero attached hydrogens (tertiary/aromatic N) is 2. The summed E-state index contributed by atoms with van der Waals surface area (Å²) in [6.07, 6.45) is 4.12. The van der Waals surface area contributed by atoms with Crippen LogP contribution in [0.3, 0.4) is 0 Å². The molecular weight excluding hydrogens is 406 g/mol. The van der Waals surface area contributed by atoms with E-state index in [1.54, 1.807) is 18.2 Å². The van der Waals surface area contributed by atoms with Crippen molar-refractivity contribution in [1.29, 1.82) is 0 Å². The number of carbonyl (C=O) groups excluding carboxylic acids is 1. The fraction of sp³-hybridized carbons (Fsp3) is 0.167. The quantitative estimate of drug-likeness (QED) is 0.385. The van der Waals surface area contributed by atoms with Crippen LogP contribution in [-0.4, -0.2) is 15.5 Å². The summed E-state index contributed by atoms with van der Waals surface area (Å²) in [5.74, 6) is -2.06. The summed E-state index contributed by atoms with van der Waals surface area (Å²) in [6, 6.07) is 14.3. The van der Waals surface area contributed by atoms with Gasteiger partial charge in [-0.3, -0.25) is 9.36 Å². The largest absolute Gasteiger partial charge is 0.268 e. The second-order valence-electron chi connectivity index (χ2n) is 7.49. The van der Waals surface area contributed by atoms with E-state index in [1.807, 2.05) is 12.1 Å². The monoisotopic (exact) mass is 422 g/mol. The summed E-state index contributed by atoms with van der Waals surface area (Å²) in [4.78, 5) is 18.2. The predicted octanol–water partition coefficient (Wildman–Crippen LogP) is 6.20. The van der Waals surface area contributed by atoms with Gasteiger partial charge < -0.3 is 0 Å². The van der Waals surface area contributed by atoms with Gasteiger partial charge in [0.25, 0.3) is 5.91 Å². The normalized spacial score (nSPS) is 13.4. The Balaban J connectivity index is 1.78. The van der Waals surface area contributed by atoms with E-state index in [1.165, 1.54) is 21.8 Å². The lowest BCUT2D eigenvalue weighted by atomic mass is 9.88. The van der Waals surface area contributed by atoms with Gasteiger partial charge in [0.1, 0.15) is 5.82 Å². The third-order valence-corrected chi connectivity index (χ3v) is 5.86. The van der Waals surface area contributed by atoms with Crippen molar-refractivity contribution in [1.82, 2.24) is 9.55 Å². The minimum atomic E-state index is -1.07. The van der Waals surface area contributed by atoms with Crippen molar-refractivity contribution in [2.24, 2.45) is 0 Å². The standard InChI is InChI=1S/C24H17ClF2N2O/c25-16-9-11-21-22(13-16)29(24(30)15-8-10-19(26)20(27)12-15)23(28-21)18-7-3-5-14-4-1-2-6-17(14)18/h3,5,7-13H,1-2,4,6H2. The Hall–Kier alpha value is -3.05. The van der Waals surface area contributed by atoms with Gasteiger partial charge in [-0.25, -0.2) is 13.8 Å². The molecule has 0 radical (unpaired) electrons. The summed E-state index contributed by atoms with van der Waals surface area (Å²) in [6.45, 7) is 0. The lowest BCUT2D eigenvalue weighted by Gasteiger charge is -2.19. The molecule has 0 aliphatic heterocycles. The molecule has 1 heterocycles. The molecule has 1 aliphatic rings. The molecule has 0 spiro atoms. The van der Waals surface area contributed by atoms with Gasteiger partial charge in [0.05, 0.1) is 11.0 Å². The molecular formula is C24H17ClF2N2O. The number of rotatable bonds is 2. The molecule has 0 atom stereocenters. The first-order chi connectivity index (χ1) is 14.5. The van der Waals surface area contributed by atoms with E-state index in [-0.39, 0.29) is 5.56 Å². The maximum Gasteiger partial charge on any atom is 0.264 e. The second-order valence-corrected chi connectivity index (χ2v) is 7.92. The van der Waals surface area contributed by atoms with E-state index in [9.17, 15) is 13.6 Å². The average Bonchev–Trinajstić information content (AvgIpc) is 3.13. The van der Waals surface area contributed by atoms with Crippen LogP contribution in [0.1, 0.15) is 34.3 Å². The van der Waals surface area contributed by atoms with Crippen LogP contribution in [0.4, 0.5) is 8.78 Å². The van der Waals surface area contributed by atoms with Crippen molar-refractivity contribution in [3.05, 3.63) is 87.9 Å². The maximum absolute atomic E-state index is 13.8. The van der Waals surface area contributed by atoms with Gasteiger partial charge in [0.15, 0.2) is 11.6 Å². The molecule has 1 aromatic heterocycles. The molecule has 150 valence electrons. The first-order valence-electron chi connectivity index (χ1n) is 9.82. The highest BCUT2D eigenvalue weighted by Gasteiger charge is 2.24. The third-order valence-electron chi connectivity index (χ3n) is 5.62. The van der Waals surface area contributed by atoms with E-state index in [4.69, 9.17) is 16.6 Å². The fourth-order valence-electron chi connectivity index (χ4n) is 4.18. The predicted molar refractivity (Wildman–Crippen MR) is 113 cm³/mol. The topological polar surface area (TPSA) is 34.9 Å². The zero-order chi connectivity index (χ0) is 20.8. The first-order valence-corrected chi connectivity index (χ1v) is 10.2.